The van der Waals surface area contributed by atoms with E-state index in [2.05, 4.69) is 10.6 Å². The van der Waals surface area contributed by atoms with Crippen molar-refractivity contribution in [2.75, 3.05) is 11.9 Å². The summed E-state index contributed by atoms with van der Waals surface area (Å²) in [6.07, 6.45) is 1.63. The topological polar surface area (TPSA) is 93.5 Å². The Kier molecular flexibility index (Phi) is 8.02. The molecular weight excluding hydrogens is 318 g/mol. The molecule has 2 amide bonds. The minimum atomic E-state index is -0.352. The van der Waals surface area contributed by atoms with Gasteiger partial charge in [-0.25, -0.2) is 0 Å². The predicted molar refractivity (Wildman–Crippen MR) is 91.4 cm³/mol. The number of carbonyl (C=O) groups excluding carboxylic acids is 2. The fraction of sp³-hybridized carbons (Fsp3) is 0.500. The highest BCUT2D eigenvalue weighted by atomic mass is 35.5. The number of anilines is 1. The van der Waals surface area contributed by atoms with Crippen LogP contribution in [0.2, 0.25) is 0 Å². The monoisotopic (exact) mass is 341 g/mol. The van der Waals surface area contributed by atoms with E-state index in [9.17, 15) is 9.59 Å². The molecule has 0 saturated carbocycles. The molecule has 2 unspecified atom stereocenters. The zero-order valence-electron chi connectivity index (χ0n) is 13.2. The highest BCUT2D eigenvalue weighted by Gasteiger charge is 2.23. The molecule has 0 aromatic heterocycles. The molecule has 2 rings (SSSR count). The van der Waals surface area contributed by atoms with Crippen molar-refractivity contribution >= 4 is 29.9 Å². The maximum atomic E-state index is 12.0. The number of halogens is 1. The second-order valence-corrected chi connectivity index (χ2v) is 5.65. The van der Waals surface area contributed by atoms with Gasteiger partial charge < -0.3 is 21.1 Å². The first-order valence-corrected chi connectivity index (χ1v) is 7.58. The summed E-state index contributed by atoms with van der Waals surface area (Å²) in [7, 11) is 0. The van der Waals surface area contributed by atoms with Crippen molar-refractivity contribution in [3.63, 3.8) is 0 Å². The number of benzene rings is 1. The van der Waals surface area contributed by atoms with Crippen LogP contribution in [0.15, 0.2) is 24.3 Å². The second-order valence-electron chi connectivity index (χ2n) is 5.65. The average Bonchev–Trinajstić information content (AvgIpc) is 2.99. The number of amides is 2. The Morgan fingerprint density at radius 3 is 2.87 bits per heavy atom. The summed E-state index contributed by atoms with van der Waals surface area (Å²) in [6, 6.07) is 7.25. The number of carbonyl (C=O) groups is 2. The Hall–Kier alpha value is -1.63. The van der Waals surface area contributed by atoms with Crippen LogP contribution in [0, 0.1) is 0 Å². The number of ether oxygens (including phenoxy) is 1. The molecule has 1 saturated heterocycles. The molecule has 4 N–H and O–H groups in total. The number of nitrogens with one attached hydrogen (secondary N) is 2. The Bertz CT molecular complexity index is 531. The van der Waals surface area contributed by atoms with Crippen molar-refractivity contribution in [1.29, 1.82) is 0 Å². The first-order valence-electron chi connectivity index (χ1n) is 7.58. The SMILES string of the molecule is CC(N)CC(=O)NCc1cccc(NC(=O)C2CCCO2)c1.Cl. The van der Waals surface area contributed by atoms with Gasteiger partial charge in [0.05, 0.1) is 0 Å². The first kappa shape index (κ1) is 19.4. The summed E-state index contributed by atoms with van der Waals surface area (Å²) < 4.78 is 5.35. The van der Waals surface area contributed by atoms with E-state index in [0.717, 1.165) is 18.4 Å². The van der Waals surface area contributed by atoms with Crippen LogP contribution in [0.5, 0.6) is 0 Å². The summed E-state index contributed by atoms with van der Waals surface area (Å²) in [5.74, 6) is -0.195. The van der Waals surface area contributed by atoms with Crippen LogP contribution in [0.4, 0.5) is 5.69 Å². The van der Waals surface area contributed by atoms with E-state index in [4.69, 9.17) is 10.5 Å². The largest absolute Gasteiger partial charge is 0.368 e. The van der Waals surface area contributed by atoms with Gasteiger partial charge in [0.15, 0.2) is 0 Å². The fourth-order valence-corrected chi connectivity index (χ4v) is 2.33. The zero-order valence-corrected chi connectivity index (χ0v) is 14.0. The van der Waals surface area contributed by atoms with Crippen molar-refractivity contribution in [2.45, 2.75) is 44.9 Å². The molecule has 0 aliphatic carbocycles. The van der Waals surface area contributed by atoms with Crippen LogP contribution in [0.3, 0.4) is 0 Å². The maximum Gasteiger partial charge on any atom is 0.253 e. The summed E-state index contributed by atoms with van der Waals surface area (Å²) in [4.78, 5) is 23.6. The van der Waals surface area contributed by atoms with Gasteiger partial charge in [-0.1, -0.05) is 12.1 Å². The number of nitrogens with two attached hydrogens (primary N) is 1. The lowest BCUT2D eigenvalue weighted by Gasteiger charge is -2.12. The molecule has 1 heterocycles. The van der Waals surface area contributed by atoms with E-state index >= 15 is 0 Å². The molecule has 1 fully saturated rings. The van der Waals surface area contributed by atoms with Crippen LogP contribution in [-0.4, -0.2) is 30.6 Å². The van der Waals surface area contributed by atoms with Crippen LogP contribution < -0.4 is 16.4 Å². The summed E-state index contributed by atoms with van der Waals surface area (Å²) in [5.41, 5.74) is 7.21. The van der Waals surface area contributed by atoms with Crippen molar-refractivity contribution in [1.82, 2.24) is 5.32 Å². The average molecular weight is 342 g/mol. The lowest BCUT2D eigenvalue weighted by Crippen LogP contribution is -2.29. The Morgan fingerprint density at radius 2 is 2.22 bits per heavy atom. The van der Waals surface area contributed by atoms with Gasteiger partial charge in [-0.2, -0.15) is 0 Å². The number of hydrogen-bond donors (Lipinski definition) is 3. The summed E-state index contributed by atoms with van der Waals surface area (Å²) in [6.45, 7) is 2.85. The lowest BCUT2D eigenvalue weighted by atomic mass is 10.1. The Labute approximate surface area is 142 Å². The normalized spacial score (nSPS) is 17.9. The van der Waals surface area contributed by atoms with Crippen LogP contribution in [-0.2, 0) is 20.9 Å². The van der Waals surface area contributed by atoms with Gasteiger partial charge in [-0.3, -0.25) is 9.59 Å². The van der Waals surface area contributed by atoms with Gasteiger partial charge in [0, 0.05) is 31.3 Å². The molecule has 23 heavy (non-hydrogen) atoms. The molecule has 1 aromatic rings. The molecule has 6 nitrogen and oxygen atoms in total. The van der Waals surface area contributed by atoms with Crippen molar-refractivity contribution in [2.24, 2.45) is 5.73 Å². The molecular formula is C16H24ClN3O3. The molecule has 0 spiro atoms. The highest BCUT2D eigenvalue weighted by molar-refractivity contribution is 5.94. The van der Waals surface area contributed by atoms with Crippen LogP contribution >= 0.6 is 12.4 Å². The van der Waals surface area contributed by atoms with E-state index in [-0.39, 0.29) is 36.4 Å². The van der Waals surface area contributed by atoms with Gasteiger partial charge in [0.1, 0.15) is 6.10 Å². The van der Waals surface area contributed by atoms with Gasteiger partial charge in [-0.05, 0) is 37.5 Å². The first-order chi connectivity index (χ1) is 10.5. The minimum Gasteiger partial charge on any atom is -0.368 e. The molecule has 1 aliphatic heterocycles. The van der Waals surface area contributed by atoms with Gasteiger partial charge >= 0.3 is 0 Å². The third-order valence-corrected chi connectivity index (χ3v) is 3.41. The van der Waals surface area contributed by atoms with E-state index in [0.29, 0.717) is 25.3 Å². The fourth-order valence-electron chi connectivity index (χ4n) is 2.33. The standard InChI is InChI=1S/C16H23N3O3.ClH/c1-11(17)8-15(20)18-10-12-4-2-5-13(9-12)19-16(21)14-6-3-7-22-14;/h2,4-5,9,11,14H,3,6-8,10,17H2,1H3,(H,18,20)(H,19,21);1H. The lowest BCUT2D eigenvalue weighted by molar-refractivity contribution is -0.124. The maximum absolute atomic E-state index is 12.0. The molecule has 1 aliphatic rings. The minimum absolute atomic E-state index is 0. The molecule has 0 bridgehead atoms. The Balaban J connectivity index is 0.00000264. The highest BCUT2D eigenvalue weighted by Crippen LogP contribution is 2.16. The molecule has 128 valence electrons. The molecule has 7 heteroatoms. The molecule has 0 radical (unpaired) electrons. The van der Waals surface area contributed by atoms with Gasteiger partial charge in [0.2, 0.25) is 5.91 Å². The smallest absolute Gasteiger partial charge is 0.253 e. The van der Waals surface area contributed by atoms with E-state index in [1.54, 1.807) is 6.92 Å². The number of rotatable bonds is 6. The van der Waals surface area contributed by atoms with E-state index in [1.807, 2.05) is 24.3 Å². The zero-order chi connectivity index (χ0) is 15.9. The quantitative estimate of drug-likeness (QED) is 0.732. The number of hydrogen-bond acceptors (Lipinski definition) is 4. The van der Waals surface area contributed by atoms with Crippen molar-refractivity contribution < 1.29 is 14.3 Å². The van der Waals surface area contributed by atoms with Gasteiger partial charge in [-0.15, -0.1) is 12.4 Å². The second kappa shape index (κ2) is 9.50. The predicted octanol–water partition coefficient (Wildman–Crippen LogP) is 1.58. The van der Waals surface area contributed by atoms with Gasteiger partial charge in [0.25, 0.3) is 5.91 Å². The Morgan fingerprint density at radius 1 is 1.43 bits per heavy atom. The van der Waals surface area contributed by atoms with Crippen LogP contribution in [0.25, 0.3) is 0 Å². The van der Waals surface area contributed by atoms with E-state index in [1.165, 1.54) is 0 Å². The van der Waals surface area contributed by atoms with Crippen molar-refractivity contribution in [3.05, 3.63) is 29.8 Å². The third-order valence-electron chi connectivity index (χ3n) is 3.41. The summed E-state index contributed by atoms with van der Waals surface area (Å²) >= 11 is 0. The third kappa shape index (κ3) is 6.56. The summed E-state index contributed by atoms with van der Waals surface area (Å²) in [5, 5.41) is 5.66. The molecule has 2 atom stereocenters. The van der Waals surface area contributed by atoms with Crippen LogP contribution in [0.1, 0.15) is 31.7 Å². The molecule has 1 aromatic carbocycles. The van der Waals surface area contributed by atoms with E-state index < -0.39 is 0 Å². The van der Waals surface area contributed by atoms with Crippen molar-refractivity contribution in [3.8, 4) is 0 Å².